The van der Waals surface area contributed by atoms with E-state index in [-0.39, 0.29) is 18.3 Å². The van der Waals surface area contributed by atoms with Crippen LogP contribution >= 0.6 is 0 Å². The highest BCUT2D eigenvalue weighted by molar-refractivity contribution is 5.94. The van der Waals surface area contributed by atoms with Crippen molar-refractivity contribution in [2.45, 2.75) is 20.3 Å². The van der Waals surface area contributed by atoms with E-state index in [1.165, 1.54) is 0 Å². The van der Waals surface area contributed by atoms with Gasteiger partial charge < -0.3 is 17.3 Å². The zero-order chi connectivity index (χ0) is 17.2. The number of anilines is 1. The Morgan fingerprint density at radius 3 is 2.08 bits per heavy atom. The number of para-hydroxylation sites is 1. The van der Waals surface area contributed by atoms with E-state index in [1.807, 2.05) is 60.7 Å². The van der Waals surface area contributed by atoms with Crippen LogP contribution in [0.25, 0.3) is 0 Å². The third-order valence-corrected chi connectivity index (χ3v) is 4.22. The van der Waals surface area contributed by atoms with Gasteiger partial charge in [-0.2, -0.15) is 0 Å². The summed E-state index contributed by atoms with van der Waals surface area (Å²) in [6.45, 7) is 8.40. The third kappa shape index (κ3) is 6.77. The number of benzene rings is 2. The van der Waals surface area contributed by atoms with Crippen LogP contribution in [0.4, 0.5) is 5.69 Å². The zero-order valence-electron chi connectivity index (χ0n) is 15.0. The highest BCUT2D eigenvalue weighted by atomic mass is 35.5. The number of quaternary nitrogens is 1. The maximum atomic E-state index is 12.8. The second-order valence-electron chi connectivity index (χ2n) is 5.86. The molecule has 2 N–H and O–H groups in total. The number of carbonyl (C=O) groups excluding carboxylic acids is 1. The first-order chi connectivity index (χ1) is 11.7. The molecule has 0 bridgehead atoms. The van der Waals surface area contributed by atoms with E-state index in [4.69, 9.17) is 0 Å². The van der Waals surface area contributed by atoms with Gasteiger partial charge in [0.2, 0.25) is 0 Å². The summed E-state index contributed by atoms with van der Waals surface area (Å²) < 4.78 is 0. The van der Waals surface area contributed by atoms with Gasteiger partial charge in [-0.05, 0) is 38.1 Å². The lowest BCUT2D eigenvalue weighted by atomic mass is 10.2. The molecule has 0 aliphatic heterocycles. The largest absolute Gasteiger partial charge is 1.00 e. The molecule has 25 heavy (non-hydrogen) atoms. The maximum Gasteiger partial charge on any atom is 0.272 e. The van der Waals surface area contributed by atoms with E-state index in [2.05, 4.69) is 19.3 Å². The van der Waals surface area contributed by atoms with Crippen LogP contribution in [0.3, 0.4) is 0 Å². The molecular formula is C20H28ClN3O. The lowest BCUT2D eigenvalue weighted by Gasteiger charge is -2.25. The molecule has 2 aromatic carbocycles. The fraction of sp³-hybridized carbons (Fsp3) is 0.350. The number of halogens is 1. The van der Waals surface area contributed by atoms with Crippen molar-refractivity contribution in [2.75, 3.05) is 31.6 Å². The number of amides is 1. The molecule has 0 aromatic heterocycles. The molecule has 5 heteroatoms. The van der Waals surface area contributed by atoms with Crippen LogP contribution in [0.5, 0.6) is 0 Å². The highest BCUT2D eigenvalue weighted by Crippen LogP contribution is 2.10. The summed E-state index contributed by atoms with van der Waals surface area (Å²) >= 11 is 0. The van der Waals surface area contributed by atoms with Crippen LogP contribution < -0.4 is 22.7 Å². The minimum Gasteiger partial charge on any atom is -1.00 e. The number of carbonyl (C=O) groups is 1. The van der Waals surface area contributed by atoms with E-state index in [9.17, 15) is 4.79 Å². The minimum absolute atomic E-state index is 0. The molecule has 4 nitrogen and oxygen atoms in total. The molecular weight excluding hydrogens is 334 g/mol. The van der Waals surface area contributed by atoms with Gasteiger partial charge in [0.25, 0.3) is 5.91 Å². The molecule has 0 unspecified atom stereocenters. The Balaban J connectivity index is 0.00000312. The van der Waals surface area contributed by atoms with Crippen LogP contribution in [-0.4, -0.2) is 37.1 Å². The molecule has 0 fully saturated rings. The van der Waals surface area contributed by atoms with Crippen molar-refractivity contribution in [2.24, 2.45) is 0 Å². The van der Waals surface area contributed by atoms with Gasteiger partial charge >= 0.3 is 0 Å². The number of hydrazine groups is 1. The van der Waals surface area contributed by atoms with Crippen molar-refractivity contribution in [1.82, 2.24) is 5.01 Å². The fourth-order valence-corrected chi connectivity index (χ4v) is 2.70. The summed E-state index contributed by atoms with van der Waals surface area (Å²) in [6, 6.07) is 19.3. The number of nitrogens with zero attached hydrogens (tertiary/aromatic N) is 1. The number of rotatable bonds is 9. The quantitative estimate of drug-likeness (QED) is 0.589. The maximum absolute atomic E-state index is 12.8. The Bertz CT molecular complexity index is 603. The van der Waals surface area contributed by atoms with Crippen molar-refractivity contribution in [3.8, 4) is 0 Å². The first-order valence-electron chi connectivity index (χ1n) is 8.76. The average Bonchev–Trinajstić information content (AvgIpc) is 2.65. The molecule has 0 spiro atoms. The normalized spacial score (nSPS) is 10.2. The van der Waals surface area contributed by atoms with Crippen molar-refractivity contribution in [3.63, 3.8) is 0 Å². The molecule has 0 radical (unpaired) electrons. The van der Waals surface area contributed by atoms with Gasteiger partial charge in [-0.3, -0.25) is 15.2 Å². The zero-order valence-corrected chi connectivity index (χ0v) is 15.8. The number of nitrogens with one attached hydrogen (secondary N) is 2. The average molecular weight is 362 g/mol. The molecule has 0 saturated carbocycles. The van der Waals surface area contributed by atoms with Gasteiger partial charge in [0.15, 0.2) is 0 Å². The molecule has 0 aliphatic rings. The van der Waals surface area contributed by atoms with Crippen LogP contribution in [-0.2, 0) is 0 Å². The van der Waals surface area contributed by atoms with Crippen LogP contribution in [0.1, 0.15) is 30.6 Å². The van der Waals surface area contributed by atoms with E-state index in [1.54, 1.807) is 9.91 Å². The van der Waals surface area contributed by atoms with Crippen LogP contribution in [0.15, 0.2) is 60.7 Å². The minimum atomic E-state index is 0. The summed E-state index contributed by atoms with van der Waals surface area (Å²) in [7, 11) is 0. The topological polar surface area (TPSA) is 36.8 Å². The SMILES string of the molecule is CC[NH+](CC)CCCN(Nc1ccccc1)C(=O)c1ccccc1.[Cl-]. The molecule has 0 saturated heterocycles. The van der Waals surface area contributed by atoms with Crippen LogP contribution in [0, 0.1) is 0 Å². The lowest BCUT2D eigenvalue weighted by Crippen LogP contribution is -3.11. The number of hydrogen-bond donors (Lipinski definition) is 2. The second kappa shape index (κ2) is 11.5. The van der Waals surface area contributed by atoms with Crippen molar-refractivity contribution < 1.29 is 22.1 Å². The van der Waals surface area contributed by atoms with Gasteiger partial charge in [0.1, 0.15) is 0 Å². The van der Waals surface area contributed by atoms with E-state index >= 15 is 0 Å². The van der Waals surface area contributed by atoms with E-state index in [0.29, 0.717) is 12.1 Å². The molecule has 2 rings (SSSR count). The smallest absolute Gasteiger partial charge is 0.272 e. The van der Waals surface area contributed by atoms with E-state index in [0.717, 1.165) is 31.7 Å². The first kappa shape index (κ1) is 21.0. The second-order valence-corrected chi connectivity index (χ2v) is 5.86. The van der Waals surface area contributed by atoms with E-state index < -0.39 is 0 Å². The Kier molecular flexibility index (Phi) is 9.66. The Morgan fingerprint density at radius 2 is 1.52 bits per heavy atom. The molecule has 136 valence electrons. The molecule has 2 aromatic rings. The summed E-state index contributed by atoms with van der Waals surface area (Å²) in [5.41, 5.74) is 4.89. The summed E-state index contributed by atoms with van der Waals surface area (Å²) in [5, 5.41) is 1.73. The molecule has 1 amide bonds. The Morgan fingerprint density at radius 1 is 0.960 bits per heavy atom. The predicted molar refractivity (Wildman–Crippen MR) is 99.1 cm³/mol. The van der Waals surface area contributed by atoms with Crippen molar-refractivity contribution in [1.29, 1.82) is 0 Å². The third-order valence-electron chi connectivity index (χ3n) is 4.22. The predicted octanol–water partition coefficient (Wildman–Crippen LogP) is -0.525. The first-order valence-corrected chi connectivity index (χ1v) is 8.76. The number of hydrogen-bond acceptors (Lipinski definition) is 2. The standard InChI is InChI=1S/C20H27N3O.ClH/c1-3-22(4-2)16-11-17-23(21-19-14-9-6-10-15-19)20(24)18-12-7-5-8-13-18;/h5-10,12-15,21H,3-4,11,16-17H2,1-2H3;1H. The summed E-state index contributed by atoms with van der Waals surface area (Å²) in [4.78, 5) is 14.4. The highest BCUT2D eigenvalue weighted by Gasteiger charge is 2.16. The van der Waals surface area contributed by atoms with Gasteiger partial charge in [0.05, 0.1) is 25.3 Å². The van der Waals surface area contributed by atoms with Gasteiger partial charge in [0, 0.05) is 18.5 Å². The van der Waals surface area contributed by atoms with Crippen molar-refractivity contribution >= 4 is 11.6 Å². The lowest BCUT2D eigenvalue weighted by molar-refractivity contribution is -0.896. The molecule has 0 atom stereocenters. The Labute approximate surface area is 157 Å². The molecule has 0 aliphatic carbocycles. The monoisotopic (exact) mass is 361 g/mol. The van der Waals surface area contributed by atoms with Gasteiger partial charge in [-0.1, -0.05) is 36.4 Å². The van der Waals surface area contributed by atoms with Gasteiger partial charge in [-0.15, -0.1) is 0 Å². The van der Waals surface area contributed by atoms with Crippen molar-refractivity contribution in [3.05, 3.63) is 66.2 Å². The Hall–Kier alpha value is -2.04. The van der Waals surface area contributed by atoms with Gasteiger partial charge in [-0.25, -0.2) is 0 Å². The fourth-order valence-electron chi connectivity index (χ4n) is 2.70. The molecule has 0 heterocycles. The summed E-state index contributed by atoms with van der Waals surface area (Å²) in [5.74, 6) is 0.00833. The van der Waals surface area contributed by atoms with Crippen LogP contribution in [0.2, 0.25) is 0 Å². The summed E-state index contributed by atoms with van der Waals surface area (Å²) in [6.07, 6.45) is 0.968.